The summed E-state index contributed by atoms with van der Waals surface area (Å²) in [5, 5.41) is 7.69. The van der Waals surface area contributed by atoms with Crippen molar-refractivity contribution < 1.29 is 9.47 Å². The van der Waals surface area contributed by atoms with Gasteiger partial charge in [-0.1, -0.05) is 12.1 Å². The Labute approximate surface area is 126 Å². The monoisotopic (exact) mass is 297 g/mol. The maximum Gasteiger partial charge on any atom is 0.227 e. The van der Waals surface area contributed by atoms with Gasteiger partial charge in [0.15, 0.2) is 23.3 Å². The molecule has 7 heteroatoms. The van der Waals surface area contributed by atoms with E-state index in [9.17, 15) is 0 Å². The fourth-order valence-electron chi connectivity index (χ4n) is 2.45. The topological polar surface area (TPSA) is 76.2 Å². The third kappa shape index (κ3) is 2.30. The lowest BCUT2D eigenvalue weighted by Crippen LogP contribution is -2.40. The first-order chi connectivity index (χ1) is 10.8. The number of aromatic amines is 1. The molecule has 0 amide bonds. The summed E-state index contributed by atoms with van der Waals surface area (Å²) in [6, 6.07) is 7.69. The average molecular weight is 297 g/mol. The average Bonchev–Trinajstić information content (AvgIpc) is 3.02. The van der Waals surface area contributed by atoms with Crippen LogP contribution in [0.4, 0.5) is 5.95 Å². The Morgan fingerprint density at radius 1 is 1.27 bits per heavy atom. The molecule has 0 aliphatic carbocycles. The normalized spacial score (nSPS) is 16.7. The van der Waals surface area contributed by atoms with Crippen molar-refractivity contribution in [3.05, 3.63) is 36.7 Å². The summed E-state index contributed by atoms with van der Waals surface area (Å²) >= 11 is 0. The van der Waals surface area contributed by atoms with Crippen LogP contribution >= 0.6 is 0 Å². The van der Waals surface area contributed by atoms with Crippen molar-refractivity contribution in [2.45, 2.75) is 6.10 Å². The van der Waals surface area contributed by atoms with Crippen LogP contribution in [0, 0.1) is 0 Å². The van der Waals surface area contributed by atoms with Crippen molar-refractivity contribution in [2.75, 3.05) is 25.1 Å². The third-order valence-electron chi connectivity index (χ3n) is 3.56. The van der Waals surface area contributed by atoms with Crippen LogP contribution in [0.5, 0.6) is 11.5 Å². The first kappa shape index (κ1) is 12.9. The molecule has 4 rings (SSSR count). The second-order valence-corrected chi connectivity index (χ2v) is 5.22. The molecule has 3 heterocycles. The molecule has 1 unspecified atom stereocenters. The van der Waals surface area contributed by atoms with Crippen LogP contribution in [0.2, 0.25) is 0 Å². The summed E-state index contributed by atoms with van der Waals surface area (Å²) in [6.07, 6.45) is 3.39. The van der Waals surface area contributed by atoms with Gasteiger partial charge in [0, 0.05) is 13.2 Å². The molecule has 1 aromatic carbocycles. The highest BCUT2D eigenvalue weighted by molar-refractivity contribution is 5.73. The Morgan fingerprint density at radius 3 is 3.05 bits per heavy atom. The van der Waals surface area contributed by atoms with Gasteiger partial charge in [-0.25, -0.2) is 4.98 Å². The molecule has 0 saturated heterocycles. The molecule has 1 aliphatic rings. The summed E-state index contributed by atoms with van der Waals surface area (Å²) < 4.78 is 11.7. The molecule has 1 atom stereocenters. The molecule has 22 heavy (non-hydrogen) atoms. The van der Waals surface area contributed by atoms with Crippen molar-refractivity contribution in [1.82, 2.24) is 20.2 Å². The number of anilines is 1. The number of aromatic nitrogens is 4. The van der Waals surface area contributed by atoms with Crippen LogP contribution in [0.25, 0.3) is 11.0 Å². The molecular weight excluding hydrogens is 282 g/mol. The number of hydrogen-bond donors (Lipinski definition) is 1. The Bertz CT molecular complexity index is 803. The van der Waals surface area contributed by atoms with Gasteiger partial charge >= 0.3 is 0 Å². The molecule has 2 aromatic heterocycles. The van der Waals surface area contributed by atoms with E-state index >= 15 is 0 Å². The maximum atomic E-state index is 5.95. The summed E-state index contributed by atoms with van der Waals surface area (Å²) in [5.74, 6) is 2.19. The Hall–Kier alpha value is -2.83. The van der Waals surface area contributed by atoms with Gasteiger partial charge in [-0.15, -0.1) is 0 Å². The minimum Gasteiger partial charge on any atom is -0.486 e. The highest BCUT2D eigenvalue weighted by Crippen LogP contribution is 2.31. The van der Waals surface area contributed by atoms with Crippen LogP contribution in [-0.4, -0.2) is 46.5 Å². The lowest BCUT2D eigenvalue weighted by atomic mass is 10.2. The van der Waals surface area contributed by atoms with E-state index in [4.69, 9.17) is 9.47 Å². The summed E-state index contributed by atoms with van der Waals surface area (Å²) in [6.45, 7) is 1.14. The number of hydrogen-bond acceptors (Lipinski definition) is 6. The number of para-hydroxylation sites is 2. The van der Waals surface area contributed by atoms with Crippen molar-refractivity contribution in [3.63, 3.8) is 0 Å². The Balaban J connectivity index is 1.49. The van der Waals surface area contributed by atoms with E-state index in [1.54, 1.807) is 12.4 Å². The van der Waals surface area contributed by atoms with Gasteiger partial charge in [0.25, 0.3) is 0 Å². The number of fused-ring (bicyclic) bond motifs is 2. The van der Waals surface area contributed by atoms with Gasteiger partial charge in [0.05, 0.1) is 18.1 Å². The van der Waals surface area contributed by atoms with E-state index in [2.05, 4.69) is 20.2 Å². The van der Waals surface area contributed by atoms with E-state index in [1.807, 2.05) is 36.2 Å². The third-order valence-corrected chi connectivity index (χ3v) is 3.56. The summed E-state index contributed by atoms with van der Waals surface area (Å²) in [4.78, 5) is 10.7. The fraction of sp³-hybridized carbons (Fsp3) is 0.267. The number of likely N-dealkylation sites (N-methyl/N-ethyl adjacent to an activating group) is 1. The van der Waals surface area contributed by atoms with Crippen molar-refractivity contribution in [3.8, 4) is 11.5 Å². The Kier molecular flexibility index (Phi) is 3.03. The minimum absolute atomic E-state index is 0.0686. The van der Waals surface area contributed by atoms with Crippen molar-refractivity contribution >= 4 is 17.0 Å². The molecule has 1 N–H and O–H groups in total. The van der Waals surface area contributed by atoms with E-state index in [-0.39, 0.29) is 6.10 Å². The molecule has 0 bridgehead atoms. The highest BCUT2D eigenvalue weighted by atomic mass is 16.6. The molecule has 7 nitrogen and oxygen atoms in total. The van der Waals surface area contributed by atoms with Crippen LogP contribution in [0.3, 0.4) is 0 Å². The van der Waals surface area contributed by atoms with Gasteiger partial charge in [-0.3, -0.25) is 5.10 Å². The number of rotatable bonds is 3. The maximum absolute atomic E-state index is 5.95. The van der Waals surface area contributed by atoms with Gasteiger partial charge in [0.1, 0.15) is 6.61 Å². The fourth-order valence-corrected chi connectivity index (χ4v) is 2.45. The molecular formula is C15H15N5O2. The zero-order valence-electron chi connectivity index (χ0n) is 12.1. The van der Waals surface area contributed by atoms with E-state index in [0.717, 1.165) is 22.5 Å². The minimum atomic E-state index is -0.0686. The highest BCUT2D eigenvalue weighted by Gasteiger charge is 2.22. The van der Waals surface area contributed by atoms with Crippen molar-refractivity contribution in [1.29, 1.82) is 0 Å². The molecule has 0 spiro atoms. The predicted molar refractivity (Wildman–Crippen MR) is 81.3 cm³/mol. The molecule has 1 aliphatic heterocycles. The number of benzene rings is 1. The SMILES string of the molecule is CN(CC1COc2ccccc2O1)c1ncc2cn[nH]c2n1. The molecule has 0 saturated carbocycles. The zero-order chi connectivity index (χ0) is 14.9. The van der Waals surface area contributed by atoms with Gasteiger partial charge in [0.2, 0.25) is 5.95 Å². The van der Waals surface area contributed by atoms with Gasteiger partial charge < -0.3 is 14.4 Å². The number of ether oxygens (including phenoxy) is 2. The largest absolute Gasteiger partial charge is 0.486 e. The van der Waals surface area contributed by atoms with E-state index in [1.165, 1.54) is 0 Å². The van der Waals surface area contributed by atoms with E-state index in [0.29, 0.717) is 19.1 Å². The van der Waals surface area contributed by atoms with Gasteiger partial charge in [-0.2, -0.15) is 10.1 Å². The standard InChI is InChI=1S/C15H15N5O2/c1-20(15-16-6-10-7-17-19-14(10)18-15)8-11-9-21-12-4-2-3-5-13(12)22-11/h2-7,11H,8-9H2,1H3,(H,16,17,18,19). The van der Waals surface area contributed by atoms with Crippen LogP contribution in [0.1, 0.15) is 0 Å². The van der Waals surface area contributed by atoms with Crippen molar-refractivity contribution in [2.24, 2.45) is 0 Å². The molecule has 0 radical (unpaired) electrons. The quantitative estimate of drug-likeness (QED) is 0.792. The molecule has 0 fully saturated rings. The van der Waals surface area contributed by atoms with Crippen LogP contribution in [0.15, 0.2) is 36.7 Å². The molecule has 3 aromatic rings. The molecule has 112 valence electrons. The first-order valence-corrected chi connectivity index (χ1v) is 7.05. The van der Waals surface area contributed by atoms with E-state index < -0.39 is 0 Å². The number of H-pyrrole nitrogens is 1. The number of nitrogens with one attached hydrogen (secondary N) is 1. The van der Waals surface area contributed by atoms with Gasteiger partial charge in [-0.05, 0) is 12.1 Å². The smallest absolute Gasteiger partial charge is 0.227 e. The Morgan fingerprint density at radius 2 is 2.14 bits per heavy atom. The van der Waals surface area contributed by atoms with Crippen LogP contribution < -0.4 is 14.4 Å². The number of nitrogens with zero attached hydrogens (tertiary/aromatic N) is 4. The van der Waals surface area contributed by atoms with Crippen LogP contribution in [-0.2, 0) is 0 Å². The second kappa shape index (κ2) is 5.18. The first-order valence-electron chi connectivity index (χ1n) is 7.05. The summed E-state index contributed by atoms with van der Waals surface area (Å²) in [7, 11) is 1.93. The zero-order valence-corrected chi connectivity index (χ0v) is 12.1. The lowest BCUT2D eigenvalue weighted by molar-refractivity contribution is 0.0958. The second-order valence-electron chi connectivity index (χ2n) is 5.22. The lowest BCUT2D eigenvalue weighted by Gasteiger charge is -2.29. The summed E-state index contributed by atoms with van der Waals surface area (Å²) in [5.41, 5.74) is 0.725. The predicted octanol–water partition coefficient (Wildman–Crippen LogP) is 1.63.